The van der Waals surface area contributed by atoms with E-state index < -0.39 is 41.0 Å². The van der Waals surface area contributed by atoms with Crippen LogP contribution >= 0.6 is 11.6 Å². The van der Waals surface area contributed by atoms with Gasteiger partial charge in [0.25, 0.3) is 5.91 Å². The van der Waals surface area contributed by atoms with Crippen molar-refractivity contribution in [1.82, 2.24) is 14.7 Å². The van der Waals surface area contributed by atoms with Crippen molar-refractivity contribution in [3.63, 3.8) is 0 Å². The number of piperazine rings is 1. The summed E-state index contributed by atoms with van der Waals surface area (Å²) >= 11 is 5.92. The number of carbonyl (C=O) groups excluding carboxylic acids is 1. The van der Waals surface area contributed by atoms with Gasteiger partial charge in [0, 0.05) is 57.4 Å². The summed E-state index contributed by atoms with van der Waals surface area (Å²) in [6.07, 6.45) is -9.74. The average Bonchev–Trinajstić information content (AvgIpc) is 2.87. The number of phenolic OH excluding ortho intramolecular Hbond substituents is 1. The number of halogens is 7. The molecule has 2 aromatic carbocycles. The Balaban J connectivity index is 1.58. The van der Waals surface area contributed by atoms with Crippen molar-refractivity contribution in [1.29, 1.82) is 0 Å². The summed E-state index contributed by atoms with van der Waals surface area (Å²) in [7, 11) is 0. The smallest absolute Gasteiger partial charge is 0.416 e. The van der Waals surface area contributed by atoms with Crippen LogP contribution in [-0.2, 0) is 23.5 Å². The quantitative estimate of drug-likeness (QED) is 0.436. The van der Waals surface area contributed by atoms with E-state index in [0.29, 0.717) is 37.3 Å². The maximum absolute atomic E-state index is 13.5. The zero-order chi connectivity index (χ0) is 30.1. The zero-order valence-corrected chi connectivity index (χ0v) is 23.4. The molecule has 0 unspecified atom stereocenters. The molecular weight excluding hydrogens is 576 g/mol. The number of benzene rings is 2. The van der Waals surface area contributed by atoms with Crippen molar-refractivity contribution < 1.29 is 41.0 Å². The fourth-order valence-corrected chi connectivity index (χ4v) is 5.63. The lowest BCUT2D eigenvalue weighted by atomic mass is 9.99. The largest absolute Gasteiger partial charge is 0.506 e. The highest BCUT2D eigenvalue weighted by molar-refractivity contribution is 6.32. The first kappa shape index (κ1) is 31.4. The standard InChI is InChI=1S/C28H32ClF6N3O3/c1-17-14-37(15-18(2)41-17)6-5-36-7-8-38(23(16-36)9-19-3-4-24(29)25(39)10-19)26(40)20-11-21(27(30,31)32)13-22(12-20)28(33,34)35/h3-4,10-13,17-18,23,39H,5-9,14-16H2,1-2H3/t17-,18+,23-/m1/s1. The number of ether oxygens (including phenoxy) is 1. The SMILES string of the molecule is C[C@@H]1CN(CCN2CCN(C(=O)c3cc(C(F)(F)F)cc(C(F)(F)F)c3)[C@H](Cc3ccc(Cl)c(O)c3)C2)C[C@H](C)O1. The Morgan fingerprint density at radius 3 is 2.05 bits per heavy atom. The van der Waals surface area contributed by atoms with Crippen LogP contribution in [0.3, 0.4) is 0 Å². The summed E-state index contributed by atoms with van der Waals surface area (Å²) < 4.78 is 86.6. The molecule has 1 N–H and O–H groups in total. The summed E-state index contributed by atoms with van der Waals surface area (Å²) in [5.41, 5.74) is -3.14. The molecule has 6 nitrogen and oxygen atoms in total. The van der Waals surface area contributed by atoms with Gasteiger partial charge in [-0.15, -0.1) is 0 Å². The van der Waals surface area contributed by atoms with Gasteiger partial charge in [-0.25, -0.2) is 0 Å². The number of morpholine rings is 1. The zero-order valence-electron chi connectivity index (χ0n) is 22.6. The molecule has 2 fully saturated rings. The Morgan fingerprint density at radius 1 is 0.902 bits per heavy atom. The highest BCUT2D eigenvalue weighted by atomic mass is 35.5. The van der Waals surface area contributed by atoms with Crippen LogP contribution in [-0.4, -0.2) is 89.8 Å². The Hall–Kier alpha value is -2.54. The Bertz CT molecular complexity index is 1200. The average molecular weight is 608 g/mol. The molecule has 2 aromatic rings. The van der Waals surface area contributed by atoms with Gasteiger partial charge >= 0.3 is 12.4 Å². The molecule has 0 saturated carbocycles. The summed E-state index contributed by atoms with van der Waals surface area (Å²) in [5, 5.41) is 10.2. The van der Waals surface area contributed by atoms with Gasteiger partial charge < -0.3 is 14.7 Å². The Kier molecular flexibility index (Phi) is 9.47. The summed E-state index contributed by atoms with van der Waals surface area (Å²) in [6.45, 7) is 7.79. The molecule has 0 aromatic heterocycles. The van der Waals surface area contributed by atoms with Gasteiger partial charge in [-0.05, 0) is 56.2 Å². The number of nitrogens with zero attached hydrogens (tertiary/aromatic N) is 3. The highest BCUT2D eigenvalue weighted by Gasteiger charge is 2.39. The first-order chi connectivity index (χ1) is 19.1. The lowest BCUT2D eigenvalue weighted by Gasteiger charge is -2.43. The summed E-state index contributed by atoms with van der Waals surface area (Å²) in [4.78, 5) is 19.3. The van der Waals surface area contributed by atoms with Crippen LogP contribution in [0.25, 0.3) is 0 Å². The van der Waals surface area contributed by atoms with E-state index in [-0.39, 0.29) is 42.0 Å². The molecule has 13 heteroatoms. The summed E-state index contributed by atoms with van der Waals surface area (Å²) in [5.74, 6) is -1.08. The molecule has 3 atom stereocenters. The number of amides is 1. The third-order valence-corrected chi connectivity index (χ3v) is 7.69. The minimum atomic E-state index is -5.07. The lowest BCUT2D eigenvalue weighted by molar-refractivity contribution is -0.143. The van der Waals surface area contributed by atoms with Crippen LogP contribution in [0.2, 0.25) is 5.02 Å². The van der Waals surface area contributed by atoms with E-state index in [1.807, 2.05) is 13.8 Å². The van der Waals surface area contributed by atoms with Crippen molar-refractivity contribution in [2.45, 2.75) is 50.9 Å². The topological polar surface area (TPSA) is 56.2 Å². The van der Waals surface area contributed by atoms with Gasteiger partial charge in [0.15, 0.2) is 0 Å². The number of carbonyl (C=O) groups is 1. The maximum Gasteiger partial charge on any atom is 0.416 e. The molecule has 4 rings (SSSR count). The Morgan fingerprint density at radius 2 is 1.49 bits per heavy atom. The third kappa shape index (κ3) is 8.06. The number of hydrogen-bond donors (Lipinski definition) is 1. The monoisotopic (exact) mass is 607 g/mol. The van der Waals surface area contributed by atoms with E-state index in [1.54, 1.807) is 6.07 Å². The minimum Gasteiger partial charge on any atom is -0.506 e. The molecule has 2 aliphatic rings. The van der Waals surface area contributed by atoms with Crippen molar-refractivity contribution in [2.75, 3.05) is 45.8 Å². The fraction of sp³-hybridized carbons (Fsp3) is 0.536. The molecule has 0 bridgehead atoms. The molecule has 2 heterocycles. The van der Waals surface area contributed by atoms with E-state index in [0.717, 1.165) is 19.6 Å². The lowest BCUT2D eigenvalue weighted by Crippen LogP contribution is -2.57. The van der Waals surface area contributed by atoms with E-state index in [2.05, 4.69) is 9.80 Å². The van der Waals surface area contributed by atoms with E-state index in [9.17, 15) is 36.2 Å². The second kappa shape index (κ2) is 12.4. The van der Waals surface area contributed by atoms with Crippen molar-refractivity contribution in [3.05, 3.63) is 63.7 Å². The van der Waals surface area contributed by atoms with Crippen LogP contribution in [0, 0.1) is 0 Å². The van der Waals surface area contributed by atoms with Gasteiger partial charge in [0.05, 0.1) is 28.4 Å². The van der Waals surface area contributed by atoms with Gasteiger partial charge in [0.1, 0.15) is 5.75 Å². The molecule has 1 amide bonds. The summed E-state index contributed by atoms with van der Waals surface area (Å²) in [6, 6.07) is 4.95. The van der Waals surface area contributed by atoms with Gasteiger partial charge in [-0.2, -0.15) is 26.3 Å². The van der Waals surface area contributed by atoms with Crippen molar-refractivity contribution >= 4 is 17.5 Å². The maximum atomic E-state index is 13.5. The van der Waals surface area contributed by atoms with Crippen molar-refractivity contribution in [2.24, 2.45) is 0 Å². The van der Waals surface area contributed by atoms with Crippen LogP contribution in [0.15, 0.2) is 36.4 Å². The molecule has 2 aliphatic heterocycles. The first-order valence-electron chi connectivity index (χ1n) is 13.3. The molecular formula is C28H32ClF6N3O3. The van der Waals surface area contributed by atoms with E-state index in [1.165, 1.54) is 17.0 Å². The normalized spacial score (nSPS) is 23.1. The van der Waals surface area contributed by atoms with Crippen LogP contribution in [0.4, 0.5) is 26.3 Å². The highest BCUT2D eigenvalue weighted by Crippen LogP contribution is 2.37. The van der Waals surface area contributed by atoms with E-state index >= 15 is 0 Å². The molecule has 2 saturated heterocycles. The van der Waals surface area contributed by atoms with Crippen LogP contribution in [0.5, 0.6) is 5.75 Å². The molecule has 41 heavy (non-hydrogen) atoms. The molecule has 0 radical (unpaired) electrons. The van der Waals surface area contributed by atoms with Gasteiger partial charge in [-0.3, -0.25) is 14.6 Å². The predicted molar refractivity (Wildman–Crippen MR) is 141 cm³/mol. The number of phenols is 1. The predicted octanol–water partition coefficient (Wildman–Crippen LogP) is 5.56. The third-order valence-electron chi connectivity index (χ3n) is 7.37. The molecule has 226 valence electrons. The Labute approximate surface area is 239 Å². The second-order valence-corrected chi connectivity index (χ2v) is 11.2. The van der Waals surface area contributed by atoms with Gasteiger partial charge in [0.2, 0.25) is 0 Å². The number of alkyl halides is 6. The van der Waals surface area contributed by atoms with Crippen LogP contribution in [0.1, 0.15) is 40.9 Å². The number of hydrogen-bond acceptors (Lipinski definition) is 5. The molecule has 0 aliphatic carbocycles. The first-order valence-corrected chi connectivity index (χ1v) is 13.7. The minimum absolute atomic E-state index is 0.00996. The van der Waals surface area contributed by atoms with Gasteiger partial charge in [-0.1, -0.05) is 17.7 Å². The van der Waals surface area contributed by atoms with E-state index in [4.69, 9.17) is 16.3 Å². The van der Waals surface area contributed by atoms with Crippen LogP contribution < -0.4 is 0 Å². The second-order valence-electron chi connectivity index (χ2n) is 10.8. The number of aromatic hydroxyl groups is 1. The molecule has 0 spiro atoms. The number of rotatable bonds is 6. The van der Waals surface area contributed by atoms with Crippen molar-refractivity contribution in [3.8, 4) is 5.75 Å². The fourth-order valence-electron chi connectivity index (χ4n) is 5.52.